The third-order valence-corrected chi connectivity index (χ3v) is 3.72. The lowest BCUT2D eigenvalue weighted by Gasteiger charge is -2.17. The fraction of sp³-hybridized carbons (Fsp3) is 0.167. The lowest BCUT2D eigenvalue weighted by atomic mass is 10.2. The second kappa shape index (κ2) is 8.26. The van der Waals surface area contributed by atoms with Crippen LogP contribution in [0, 0.1) is 0 Å². The van der Waals surface area contributed by atoms with E-state index in [4.69, 9.17) is 11.6 Å². The smallest absolute Gasteiger partial charge is 0.272 e. The number of para-hydroxylation sites is 1. The van der Waals surface area contributed by atoms with Crippen LogP contribution in [0.3, 0.4) is 0 Å². The van der Waals surface area contributed by atoms with E-state index in [9.17, 15) is 9.59 Å². The number of anilines is 1. The molecule has 0 saturated heterocycles. The maximum atomic E-state index is 12.2. The monoisotopic (exact) mass is 343 g/mol. The number of hydrogen-bond donors (Lipinski definition) is 1. The van der Waals surface area contributed by atoms with Gasteiger partial charge in [-0.3, -0.25) is 9.59 Å². The van der Waals surface area contributed by atoms with Gasteiger partial charge in [0.15, 0.2) is 0 Å². The van der Waals surface area contributed by atoms with E-state index in [1.807, 2.05) is 30.3 Å². The molecule has 0 bridgehead atoms. The van der Waals surface area contributed by atoms with Crippen LogP contribution in [0.1, 0.15) is 23.7 Å². The standard InChI is InChI=1S/C18H18ClN3O2/c1-13(12-17(23)22(2)14-8-4-3-5-9-14)20-21-18(24)15-10-6-7-11-16(15)19/h3-11H,12H2,1-2H3,(H,21,24)/b20-13+. The zero-order chi connectivity index (χ0) is 17.5. The van der Waals surface area contributed by atoms with Gasteiger partial charge in [0.05, 0.1) is 17.0 Å². The van der Waals surface area contributed by atoms with Gasteiger partial charge in [-0.1, -0.05) is 41.9 Å². The highest BCUT2D eigenvalue weighted by Gasteiger charge is 2.13. The minimum atomic E-state index is -0.413. The van der Waals surface area contributed by atoms with Gasteiger partial charge in [-0.15, -0.1) is 0 Å². The molecule has 2 aromatic rings. The lowest BCUT2D eigenvalue weighted by Crippen LogP contribution is -2.28. The Bertz CT molecular complexity index is 760. The Morgan fingerprint density at radius 3 is 2.38 bits per heavy atom. The van der Waals surface area contributed by atoms with Gasteiger partial charge >= 0.3 is 0 Å². The Hall–Kier alpha value is -2.66. The highest BCUT2D eigenvalue weighted by atomic mass is 35.5. The molecule has 0 atom stereocenters. The molecule has 0 aromatic heterocycles. The Kier molecular flexibility index (Phi) is 6.09. The predicted octanol–water partition coefficient (Wildman–Crippen LogP) is 3.50. The first-order chi connectivity index (χ1) is 11.5. The summed E-state index contributed by atoms with van der Waals surface area (Å²) in [6.45, 7) is 1.68. The minimum absolute atomic E-state index is 0.105. The van der Waals surface area contributed by atoms with Crippen molar-refractivity contribution >= 4 is 34.8 Å². The Morgan fingerprint density at radius 1 is 1.08 bits per heavy atom. The topological polar surface area (TPSA) is 61.8 Å². The molecule has 5 nitrogen and oxygen atoms in total. The van der Waals surface area contributed by atoms with Gasteiger partial charge in [0.2, 0.25) is 5.91 Å². The number of carbonyl (C=O) groups excluding carboxylic acids is 2. The summed E-state index contributed by atoms with van der Waals surface area (Å²) >= 11 is 5.96. The summed E-state index contributed by atoms with van der Waals surface area (Å²) < 4.78 is 0. The summed E-state index contributed by atoms with van der Waals surface area (Å²) in [6, 6.07) is 16.0. The summed E-state index contributed by atoms with van der Waals surface area (Å²) in [4.78, 5) is 25.8. The zero-order valence-electron chi connectivity index (χ0n) is 13.5. The maximum Gasteiger partial charge on any atom is 0.272 e. The molecule has 0 fully saturated rings. The Labute approximate surface area is 145 Å². The van der Waals surface area contributed by atoms with Crippen LogP contribution in [0.25, 0.3) is 0 Å². The normalized spacial score (nSPS) is 11.0. The van der Waals surface area contributed by atoms with Crippen molar-refractivity contribution in [2.45, 2.75) is 13.3 Å². The first-order valence-corrected chi connectivity index (χ1v) is 7.76. The average molecular weight is 344 g/mol. The molecule has 0 aliphatic heterocycles. The van der Waals surface area contributed by atoms with Gasteiger partial charge in [-0.2, -0.15) is 5.10 Å². The SMILES string of the molecule is C/C(CC(=O)N(C)c1ccccc1)=N\NC(=O)c1ccccc1Cl. The van der Waals surface area contributed by atoms with E-state index < -0.39 is 5.91 Å². The molecule has 6 heteroatoms. The van der Waals surface area contributed by atoms with E-state index in [2.05, 4.69) is 10.5 Å². The Balaban J connectivity index is 1.95. The van der Waals surface area contributed by atoms with E-state index in [0.717, 1.165) is 5.69 Å². The van der Waals surface area contributed by atoms with Crippen LogP contribution in [-0.4, -0.2) is 24.6 Å². The summed E-state index contributed by atoms with van der Waals surface area (Å²) in [5.74, 6) is -0.529. The van der Waals surface area contributed by atoms with Crippen molar-refractivity contribution in [2.24, 2.45) is 5.10 Å². The quantitative estimate of drug-likeness (QED) is 0.667. The van der Waals surface area contributed by atoms with Gasteiger partial charge in [-0.05, 0) is 31.2 Å². The molecule has 24 heavy (non-hydrogen) atoms. The second-order valence-corrected chi connectivity index (χ2v) is 5.64. The second-order valence-electron chi connectivity index (χ2n) is 5.23. The van der Waals surface area contributed by atoms with Crippen LogP contribution < -0.4 is 10.3 Å². The van der Waals surface area contributed by atoms with E-state index in [1.54, 1.807) is 43.1 Å². The summed E-state index contributed by atoms with van der Waals surface area (Å²) in [7, 11) is 1.70. The van der Waals surface area contributed by atoms with Crippen molar-refractivity contribution < 1.29 is 9.59 Å². The van der Waals surface area contributed by atoms with Crippen LogP contribution in [0.15, 0.2) is 59.7 Å². The Morgan fingerprint density at radius 2 is 1.71 bits per heavy atom. The van der Waals surface area contributed by atoms with E-state index in [1.165, 1.54) is 0 Å². The third kappa shape index (κ3) is 4.67. The number of nitrogens with zero attached hydrogens (tertiary/aromatic N) is 2. The molecule has 0 unspecified atom stereocenters. The molecule has 0 heterocycles. The summed E-state index contributed by atoms with van der Waals surface area (Å²) in [5, 5.41) is 4.32. The number of hydrazone groups is 1. The fourth-order valence-electron chi connectivity index (χ4n) is 2.02. The molecule has 0 saturated carbocycles. The van der Waals surface area contributed by atoms with Gasteiger partial charge in [-0.25, -0.2) is 5.43 Å². The molecule has 0 radical (unpaired) electrons. The van der Waals surface area contributed by atoms with Crippen molar-refractivity contribution in [3.05, 3.63) is 65.2 Å². The number of rotatable bonds is 5. The lowest BCUT2D eigenvalue weighted by molar-refractivity contribution is -0.117. The third-order valence-electron chi connectivity index (χ3n) is 3.39. The maximum absolute atomic E-state index is 12.2. The number of halogens is 1. The van der Waals surface area contributed by atoms with E-state index in [0.29, 0.717) is 16.3 Å². The number of carbonyl (C=O) groups is 2. The largest absolute Gasteiger partial charge is 0.315 e. The highest BCUT2D eigenvalue weighted by molar-refractivity contribution is 6.33. The van der Waals surface area contributed by atoms with Crippen molar-refractivity contribution in [3.63, 3.8) is 0 Å². The molecule has 1 N–H and O–H groups in total. The van der Waals surface area contributed by atoms with Crippen molar-refractivity contribution in [1.82, 2.24) is 5.43 Å². The van der Waals surface area contributed by atoms with Crippen LogP contribution in [-0.2, 0) is 4.79 Å². The molecular formula is C18H18ClN3O2. The summed E-state index contributed by atoms with van der Waals surface area (Å²) in [6.07, 6.45) is 0.105. The number of benzene rings is 2. The molecule has 0 spiro atoms. The van der Waals surface area contributed by atoms with Crippen molar-refractivity contribution in [3.8, 4) is 0 Å². The molecule has 0 aliphatic rings. The van der Waals surface area contributed by atoms with E-state index >= 15 is 0 Å². The van der Waals surface area contributed by atoms with Gasteiger partial charge in [0.25, 0.3) is 5.91 Å². The molecule has 2 rings (SSSR count). The molecule has 2 amide bonds. The number of nitrogens with one attached hydrogen (secondary N) is 1. The average Bonchev–Trinajstić information content (AvgIpc) is 2.60. The van der Waals surface area contributed by atoms with Crippen LogP contribution in [0.2, 0.25) is 5.02 Å². The highest BCUT2D eigenvalue weighted by Crippen LogP contribution is 2.14. The molecule has 0 aliphatic carbocycles. The van der Waals surface area contributed by atoms with Gasteiger partial charge < -0.3 is 4.90 Å². The van der Waals surface area contributed by atoms with Crippen LogP contribution >= 0.6 is 11.6 Å². The molecule has 124 valence electrons. The molecular weight excluding hydrogens is 326 g/mol. The predicted molar refractivity (Wildman–Crippen MR) is 96.5 cm³/mol. The number of amides is 2. The number of hydrogen-bond acceptors (Lipinski definition) is 3. The van der Waals surface area contributed by atoms with Crippen molar-refractivity contribution in [2.75, 3.05) is 11.9 Å². The summed E-state index contributed by atoms with van der Waals surface area (Å²) in [5.41, 5.74) is 4.06. The van der Waals surface area contributed by atoms with Crippen LogP contribution in [0.5, 0.6) is 0 Å². The van der Waals surface area contributed by atoms with Gasteiger partial charge in [0.1, 0.15) is 0 Å². The van der Waals surface area contributed by atoms with E-state index in [-0.39, 0.29) is 12.3 Å². The van der Waals surface area contributed by atoms with Gasteiger partial charge in [0, 0.05) is 18.4 Å². The first-order valence-electron chi connectivity index (χ1n) is 7.38. The van der Waals surface area contributed by atoms with Crippen molar-refractivity contribution in [1.29, 1.82) is 0 Å². The minimum Gasteiger partial charge on any atom is -0.315 e. The molecule has 2 aromatic carbocycles. The first kappa shape index (κ1) is 17.7. The fourth-order valence-corrected chi connectivity index (χ4v) is 2.25. The van der Waals surface area contributed by atoms with Crippen LogP contribution in [0.4, 0.5) is 5.69 Å². The zero-order valence-corrected chi connectivity index (χ0v) is 14.2.